The summed E-state index contributed by atoms with van der Waals surface area (Å²) in [5.41, 5.74) is 0. The number of aromatic amines is 1. The Hall–Kier alpha value is -1.97. The van der Waals surface area contributed by atoms with E-state index in [4.69, 9.17) is 30.6 Å². The number of nitrogens with one attached hydrogen (secondary N) is 1. The van der Waals surface area contributed by atoms with E-state index < -0.39 is 10.2 Å². The third-order valence-corrected chi connectivity index (χ3v) is 0.331. The molecular weight excluding hydrogens is 249 g/mol. The maximum absolute atomic E-state index is 8.25. The van der Waals surface area contributed by atoms with E-state index in [0.29, 0.717) is 0 Å². The molecule has 0 aliphatic heterocycles. The van der Waals surface area contributed by atoms with Crippen molar-refractivity contribution in [3.63, 3.8) is 0 Å². The summed E-state index contributed by atoms with van der Waals surface area (Å²) in [6, 6.07) is 0. The molecule has 0 saturated carbocycles. The SMILES string of the molecule is O=[N+]([O-])[O-].O=[N+]([O-])[O-].[Ni+2].c1cn[nH]n1. The molecule has 0 saturated heterocycles. The zero-order valence-corrected chi connectivity index (χ0v) is 7.20. The van der Waals surface area contributed by atoms with Gasteiger partial charge in [-0.2, -0.15) is 15.4 Å². The Bertz CT molecular complexity index is 189. The molecule has 0 unspecified atom stereocenters. The molecule has 1 rings (SSSR count). The first kappa shape index (κ1) is 18.0. The first-order valence-corrected chi connectivity index (χ1v) is 2.39. The van der Waals surface area contributed by atoms with E-state index >= 15 is 0 Å². The molecule has 0 aliphatic carbocycles. The average molecular weight is 252 g/mol. The van der Waals surface area contributed by atoms with Gasteiger partial charge in [0.1, 0.15) is 0 Å². The molecule has 1 N–H and O–H groups in total. The van der Waals surface area contributed by atoms with Crippen LogP contribution in [0.1, 0.15) is 0 Å². The van der Waals surface area contributed by atoms with Crippen molar-refractivity contribution in [3.05, 3.63) is 43.0 Å². The molecule has 0 bridgehead atoms. The number of hydrogen-bond acceptors (Lipinski definition) is 8. The molecule has 11 nitrogen and oxygen atoms in total. The van der Waals surface area contributed by atoms with Crippen LogP contribution in [0.2, 0.25) is 0 Å². The Kier molecular flexibility index (Phi) is 17.5. The van der Waals surface area contributed by atoms with Gasteiger partial charge in [0, 0.05) is 0 Å². The van der Waals surface area contributed by atoms with Crippen molar-refractivity contribution < 1.29 is 26.7 Å². The Labute approximate surface area is 85.9 Å². The molecule has 1 aromatic heterocycles. The number of rotatable bonds is 0. The zero-order chi connectivity index (χ0) is 10.7. The smallest absolute Gasteiger partial charge is 0.356 e. The van der Waals surface area contributed by atoms with Crippen LogP contribution in [0.25, 0.3) is 0 Å². The Morgan fingerprint density at radius 3 is 1.21 bits per heavy atom. The number of nitrogens with zero attached hydrogens (tertiary/aromatic N) is 4. The average Bonchev–Trinajstić information content (AvgIpc) is 2.35. The normalized spacial score (nSPS) is 6.29. The first-order chi connectivity index (χ1) is 5.96. The van der Waals surface area contributed by atoms with Gasteiger partial charge in [-0.1, -0.05) is 0 Å². The second kappa shape index (κ2) is 13.6. The van der Waals surface area contributed by atoms with Crippen LogP contribution in [-0.2, 0) is 16.5 Å². The van der Waals surface area contributed by atoms with Crippen LogP contribution in [0.15, 0.2) is 12.4 Å². The second-order valence-electron chi connectivity index (χ2n) is 1.10. The van der Waals surface area contributed by atoms with Crippen molar-refractivity contribution >= 4 is 0 Å². The molecule has 1 heterocycles. The molecule has 0 fully saturated rings. The minimum absolute atomic E-state index is 0. The predicted molar refractivity (Wildman–Crippen MR) is 37.1 cm³/mol. The van der Waals surface area contributed by atoms with E-state index in [1.807, 2.05) is 0 Å². The van der Waals surface area contributed by atoms with Crippen LogP contribution in [0.3, 0.4) is 0 Å². The van der Waals surface area contributed by atoms with E-state index in [9.17, 15) is 0 Å². The van der Waals surface area contributed by atoms with Gasteiger partial charge in [-0.3, -0.25) is 0 Å². The maximum Gasteiger partial charge on any atom is 2.00 e. The fraction of sp³-hybridized carbons (Fsp3) is 0. The second-order valence-corrected chi connectivity index (χ2v) is 1.10. The van der Waals surface area contributed by atoms with E-state index in [-0.39, 0.29) is 16.5 Å². The Morgan fingerprint density at radius 1 is 0.929 bits per heavy atom. The number of hydrogen-bond donors (Lipinski definition) is 1. The zero-order valence-electron chi connectivity index (χ0n) is 6.21. The van der Waals surface area contributed by atoms with E-state index in [2.05, 4.69) is 15.4 Å². The van der Waals surface area contributed by atoms with Gasteiger partial charge in [-0.05, 0) is 0 Å². The van der Waals surface area contributed by atoms with Crippen LogP contribution in [0, 0.1) is 30.6 Å². The number of aromatic nitrogens is 3. The molecular formula is C2H3N5NiO6. The van der Waals surface area contributed by atoms with Crippen LogP contribution in [0.4, 0.5) is 0 Å². The molecule has 1 aromatic rings. The van der Waals surface area contributed by atoms with Crippen molar-refractivity contribution in [2.75, 3.05) is 0 Å². The minimum atomic E-state index is -1.75. The summed E-state index contributed by atoms with van der Waals surface area (Å²) >= 11 is 0. The summed E-state index contributed by atoms with van der Waals surface area (Å²) in [6.45, 7) is 0. The van der Waals surface area contributed by atoms with Gasteiger partial charge in [0.15, 0.2) is 0 Å². The van der Waals surface area contributed by atoms with Crippen LogP contribution >= 0.6 is 0 Å². The van der Waals surface area contributed by atoms with Crippen LogP contribution < -0.4 is 0 Å². The maximum atomic E-state index is 8.25. The molecule has 82 valence electrons. The Morgan fingerprint density at radius 2 is 1.14 bits per heavy atom. The topological polar surface area (TPSA) is 174 Å². The summed E-state index contributed by atoms with van der Waals surface area (Å²) < 4.78 is 0. The van der Waals surface area contributed by atoms with Crippen molar-refractivity contribution in [2.45, 2.75) is 0 Å². The summed E-state index contributed by atoms with van der Waals surface area (Å²) in [6.07, 6.45) is 3.17. The Balaban J connectivity index is -0.000000127. The number of H-pyrrole nitrogens is 1. The van der Waals surface area contributed by atoms with Gasteiger partial charge in [-0.15, -0.1) is 0 Å². The molecule has 0 radical (unpaired) electrons. The summed E-state index contributed by atoms with van der Waals surface area (Å²) in [5, 5.41) is 38.8. The van der Waals surface area contributed by atoms with Gasteiger partial charge in [0.05, 0.1) is 22.6 Å². The molecule has 0 aromatic carbocycles. The van der Waals surface area contributed by atoms with Gasteiger partial charge in [0.2, 0.25) is 0 Å². The predicted octanol–water partition coefficient (Wildman–Crippen LogP) is -0.676. The summed E-state index contributed by atoms with van der Waals surface area (Å²) in [7, 11) is 0. The molecule has 12 heteroatoms. The fourth-order valence-electron chi connectivity index (χ4n) is 0.167. The summed E-state index contributed by atoms with van der Waals surface area (Å²) in [4.78, 5) is 16.5. The minimum Gasteiger partial charge on any atom is -0.356 e. The third-order valence-electron chi connectivity index (χ3n) is 0.331. The largest absolute Gasteiger partial charge is 2.00 e. The fourth-order valence-corrected chi connectivity index (χ4v) is 0.167. The van der Waals surface area contributed by atoms with Crippen molar-refractivity contribution in [3.8, 4) is 0 Å². The molecule has 0 amide bonds. The van der Waals surface area contributed by atoms with Gasteiger partial charge in [0.25, 0.3) is 0 Å². The first-order valence-electron chi connectivity index (χ1n) is 2.39. The molecule has 0 aliphatic rings. The van der Waals surface area contributed by atoms with Gasteiger partial charge < -0.3 is 30.6 Å². The molecule has 0 spiro atoms. The van der Waals surface area contributed by atoms with Crippen molar-refractivity contribution in [2.24, 2.45) is 0 Å². The molecule has 0 atom stereocenters. The third kappa shape index (κ3) is 89.0. The van der Waals surface area contributed by atoms with E-state index in [1.165, 1.54) is 0 Å². The van der Waals surface area contributed by atoms with Crippen molar-refractivity contribution in [1.82, 2.24) is 15.4 Å². The summed E-state index contributed by atoms with van der Waals surface area (Å²) in [5.74, 6) is 0. The van der Waals surface area contributed by atoms with Gasteiger partial charge in [-0.25, -0.2) is 0 Å². The quantitative estimate of drug-likeness (QED) is 0.358. The molecule has 14 heavy (non-hydrogen) atoms. The van der Waals surface area contributed by atoms with E-state index in [0.717, 1.165) is 0 Å². The monoisotopic (exact) mass is 251 g/mol. The van der Waals surface area contributed by atoms with Gasteiger partial charge >= 0.3 is 16.5 Å². The van der Waals surface area contributed by atoms with Crippen molar-refractivity contribution in [1.29, 1.82) is 0 Å². The van der Waals surface area contributed by atoms with E-state index in [1.54, 1.807) is 12.4 Å². The standard InChI is InChI=1S/C2H3N3.2NO3.Ni/c1-2-4-5-3-1;2*2-1(3)4;/h1-2H,(H,3,4,5);;;/q;2*-1;+2. The van der Waals surface area contributed by atoms with Crippen LogP contribution in [0.5, 0.6) is 0 Å². The van der Waals surface area contributed by atoms with Crippen LogP contribution in [-0.4, -0.2) is 25.6 Å².